The third-order valence-electron chi connectivity index (χ3n) is 1.99. The lowest BCUT2D eigenvalue weighted by Gasteiger charge is -2.14. The van der Waals surface area contributed by atoms with Crippen LogP contribution >= 0.6 is 0 Å². The highest BCUT2D eigenvalue weighted by molar-refractivity contribution is 6.38. The molecular formula is C9H14N2O. The summed E-state index contributed by atoms with van der Waals surface area (Å²) in [7, 11) is 0. The lowest BCUT2D eigenvalue weighted by Crippen LogP contribution is -2.26. The number of primary amides is 1. The van der Waals surface area contributed by atoms with Crippen LogP contribution < -0.4 is 5.73 Å². The maximum absolute atomic E-state index is 10.8. The maximum atomic E-state index is 10.8. The quantitative estimate of drug-likeness (QED) is 0.674. The Bertz CT molecular complexity index is 231. The van der Waals surface area contributed by atoms with E-state index in [0.29, 0.717) is 18.1 Å². The summed E-state index contributed by atoms with van der Waals surface area (Å²) in [5.74, 6) is 0.0652. The molecule has 1 atom stereocenters. The van der Waals surface area contributed by atoms with Gasteiger partial charge in [-0.05, 0) is 12.3 Å². The van der Waals surface area contributed by atoms with Crippen LogP contribution in [0.15, 0.2) is 17.3 Å². The van der Waals surface area contributed by atoms with Gasteiger partial charge in [-0.1, -0.05) is 19.4 Å². The molecule has 0 aromatic rings. The van der Waals surface area contributed by atoms with Gasteiger partial charge in [0.2, 0.25) is 0 Å². The number of nitrogens with two attached hydrogens (primary N) is 1. The molecule has 2 N–H and O–H groups in total. The standard InChI is InChI=1S/C9H14N2O/c1-2-3-7-4-5-11-8(6-7)9(10)12/h4-5,7H,2-3,6H2,1H3,(H2,10,12)/t7-/m1/s1. The minimum absolute atomic E-state index is 0.388. The average Bonchev–Trinajstić information content (AvgIpc) is 2.05. The predicted molar refractivity (Wildman–Crippen MR) is 48.8 cm³/mol. The molecule has 0 aliphatic carbocycles. The zero-order valence-corrected chi connectivity index (χ0v) is 7.29. The summed E-state index contributed by atoms with van der Waals surface area (Å²) >= 11 is 0. The van der Waals surface area contributed by atoms with Crippen LogP contribution in [-0.2, 0) is 4.79 Å². The molecule has 1 rings (SSSR count). The molecule has 0 bridgehead atoms. The monoisotopic (exact) mass is 166 g/mol. The van der Waals surface area contributed by atoms with Crippen LogP contribution in [0.3, 0.4) is 0 Å². The van der Waals surface area contributed by atoms with E-state index in [1.807, 2.05) is 6.08 Å². The molecule has 1 heterocycles. The van der Waals surface area contributed by atoms with Crippen LogP contribution in [-0.4, -0.2) is 11.6 Å². The Morgan fingerprint density at radius 3 is 3.17 bits per heavy atom. The number of aliphatic imine (C=N–C) groups is 1. The van der Waals surface area contributed by atoms with Crippen molar-refractivity contribution in [2.75, 3.05) is 0 Å². The van der Waals surface area contributed by atoms with Gasteiger partial charge in [-0.25, -0.2) is 0 Å². The fourth-order valence-electron chi connectivity index (χ4n) is 1.36. The molecular weight excluding hydrogens is 152 g/mol. The van der Waals surface area contributed by atoms with Gasteiger partial charge in [0, 0.05) is 12.6 Å². The summed E-state index contributed by atoms with van der Waals surface area (Å²) in [6.07, 6.45) is 6.66. The fourth-order valence-corrected chi connectivity index (χ4v) is 1.36. The topological polar surface area (TPSA) is 55.4 Å². The Morgan fingerprint density at radius 2 is 2.58 bits per heavy atom. The van der Waals surface area contributed by atoms with Crippen LogP contribution in [0.1, 0.15) is 26.2 Å². The van der Waals surface area contributed by atoms with E-state index in [9.17, 15) is 4.79 Å². The van der Waals surface area contributed by atoms with Crippen LogP contribution in [0.2, 0.25) is 0 Å². The van der Waals surface area contributed by atoms with Gasteiger partial charge in [0.15, 0.2) is 0 Å². The number of allylic oxidation sites excluding steroid dienone is 1. The van der Waals surface area contributed by atoms with Crippen molar-refractivity contribution >= 4 is 11.6 Å². The smallest absolute Gasteiger partial charge is 0.263 e. The van der Waals surface area contributed by atoms with Gasteiger partial charge in [-0.2, -0.15) is 0 Å². The molecule has 0 fully saturated rings. The summed E-state index contributed by atoms with van der Waals surface area (Å²) in [4.78, 5) is 14.7. The zero-order valence-electron chi connectivity index (χ0n) is 7.29. The summed E-state index contributed by atoms with van der Waals surface area (Å²) < 4.78 is 0. The van der Waals surface area contributed by atoms with Gasteiger partial charge in [-0.3, -0.25) is 9.79 Å². The number of nitrogens with zero attached hydrogens (tertiary/aromatic N) is 1. The van der Waals surface area contributed by atoms with Gasteiger partial charge >= 0.3 is 0 Å². The van der Waals surface area contributed by atoms with E-state index < -0.39 is 0 Å². The van der Waals surface area contributed by atoms with Crippen molar-refractivity contribution in [3.05, 3.63) is 12.3 Å². The van der Waals surface area contributed by atoms with Gasteiger partial charge < -0.3 is 5.73 Å². The minimum Gasteiger partial charge on any atom is -0.365 e. The first kappa shape index (κ1) is 8.97. The van der Waals surface area contributed by atoms with Crippen LogP contribution in [0, 0.1) is 5.92 Å². The molecule has 3 heteroatoms. The second-order valence-electron chi connectivity index (χ2n) is 3.03. The molecule has 0 aromatic heterocycles. The number of hydrogen-bond donors (Lipinski definition) is 1. The molecule has 0 aromatic carbocycles. The molecule has 0 saturated heterocycles. The van der Waals surface area contributed by atoms with Crippen LogP contribution in [0.4, 0.5) is 0 Å². The highest BCUT2D eigenvalue weighted by atomic mass is 16.1. The maximum Gasteiger partial charge on any atom is 0.263 e. The molecule has 0 spiro atoms. The number of hydrogen-bond acceptors (Lipinski definition) is 2. The third kappa shape index (κ3) is 2.19. The van der Waals surface area contributed by atoms with Gasteiger partial charge in [0.25, 0.3) is 5.91 Å². The third-order valence-corrected chi connectivity index (χ3v) is 1.99. The number of rotatable bonds is 3. The number of amides is 1. The first-order valence-corrected chi connectivity index (χ1v) is 4.27. The largest absolute Gasteiger partial charge is 0.365 e. The van der Waals surface area contributed by atoms with Crippen molar-refractivity contribution in [3.8, 4) is 0 Å². The molecule has 1 aliphatic heterocycles. The Morgan fingerprint density at radius 1 is 1.83 bits per heavy atom. The second-order valence-corrected chi connectivity index (χ2v) is 3.03. The Labute approximate surface area is 72.4 Å². The van der Waals surface area contributed by atoms with Crippen molar-refractivity contribution in [2.24, 2.45) is 16.6 Å². The fraction of sp³-hybridized carbons (Fsp3) is 0.556. The van der Waals surface area contributed by atoms with E-state index >= 15 is 0 Å². The number of carbonyl (C=O) groups is 1. The molecule has 3 nitrogen and oxygen atoms in total. The van der Waals surface area contributed by atoms with E-state index in [1.54, 1.807) is 6.20 Å². The molecule has 0 unspecified atom stereocenters. The summed E-state index contributed by atoms with van der Waals surface area (Å²) in [6.45, 7) is 2.13. The molecule has 0 saturated carbocycles. The lowest BCUT2D eigenvalue weighted by atomic mass is 9.95. The molecule has 0 radical (unpaired) electrons. The minimum atomic E-state index is -0.388. The summed E-state index contributed by atoms with van der Waals surface area (Å²) in [5.41, 5.74) is 5.63. The van der Waals surface area contributed by atoms with E-state index in [0.717, 1.165) is 12.8 Å². The van der Waals surface area contributed by atoms with Crippen molar-refractivity contribution in [2.45, 2.75) is 26.2 Å². The number of carbonyl (C=O) groups excluding carboxylic acids is 1. The summed E-state index contributed by atoms with van der Waals surface area (Å²) in [6, 6.07) is 0. The van der Waals surface area contributed by atoms with Crippen molar-refractivity contribution in [3.63, 3.8) is 0 Å². The zero-order chi connectivity index (χ0) is 8.97. The van der Waals surface area contributed by atoms with Gasteiger partial charge in [0.1, 0.15) is 5.71 Å². The van der Waals surface area contributed by atoms with Crippen molar-refractivity contribution in [1.29, 1.82) is 0 Å². The van der Waals surface area contributed by atoms with E-state index in [-0.39, 0.29) is 5.91 Å². The van der Waals surface area contributed by atoms with Crippen molar-refractivity contribution < 1.29 is 4.79 Å². The average molecular weight is 166 g/mol. The normalized spacial score (nSPS) is 22.1. The predicted octanol–water partition coefficient (Wildman–Crippen LogP) is 1.25. The summed E-state index contributed by atoms with van der Waals surface area (Å²) in [5, 5.41) is 0. The molecule has 12 heavy (non-hydrogen) atoms. The lowest BCUT2D eigenvalue weighted by molar-refractivity contribution is -0.112. The van der Waals surface area contributed by atoms with Gasteiger partial charge in [-0.15, -0.1) is 0 Å². The highest BCUT2D eigenvalue weighted by Gasteiger charge is 2.15. The second kappa shape index (κ2) is 4.04. The van der Waals surface area contributed by atoms with E-state index in [2.05, 4.69) is 11.9 Å². The van der Waals surface area contributed by atoms with E-state index in [4.69, 9.17) is 5.73 Å². The molecule has 1 aliphatic rings. The van der Waals surface area contributed by atoms with E-state index in [1.165, 1.54) is 0 Å². The molecule has 66 valence electrons. The SMILES string of the molecule is CCC[C@@H]1C=CN=C(C(N)=O)C1. The first-order chi connectivity index (χ1) is 5.74. The van der Waals surface area contributed by atoms with Gasteiger partial charge in [0.05, 0.1) is 0 Å². The Hall–Kier alpha value is -1.12. The Kier molecular flexibility index (Phi) is 3.02. The van der Waals surface area contributed by atoms with Crippen molar-refractivity contribution in [1.82, 2.24) is 0 Å². The first-order valence-electron chi connectivity index (χ1n) is 4.27. The Balaban J connectivity index is 2.55. The van der Waals surface area contributed by atoms with Crippen LogP contribution in [0.25, 0.3) is 0 Å². The van der Waals surface area contributed by atoms with Crippen LogP contribution in [0.5, 0.6) is 0 Å². The molecule has 1 amide bonds. The highest BCUT2D eigenvalue weighted by Crippen LogP contribution is 2.17.